The SMILES string of the molecule is CC1(CCCO)CC2CC(CCO)C1C2. The number of fused-ring (bicyclic) bond motifs is 2. The lowest BCUT2D eigenvalue weighted by Gasteiger charge is -2.39. The van der Waals surface area contributed by atoms with E-state index in [2.05, 4.69) is 6.92 Å². The van der Waals surface area contributed by atoms with E-state index < -0.39 is 0 Å². The highest BCUT2D eigenvalue weighted by atomic mass is 16.3. The minimum atomic E-state index is 0.331. The van der Waals surface area contributed by atoms with Crippen molar-refractivity contribution >= 4 is 0 Å². The van der Waals surface area contributed by atoms with Crippen molar-refractivity contribution in [1.82, 2.24) is 0 Å². The van der Waals surface area contributed by atoms with Crippen molar-refractivity contribution in [3.8, 4) is 0 Å². The summed E-state index contributed by atoms with van der Waals surface area (Å²) in [6.07, 6.45) is 7.21. The number of aliphatic hydroxyl groups is 2. The maximum Gasteiger partial charge on any atom is 0.0433 e. The van der Waals surface area contributed by atoms with Crippen LogP contribution in [-0.2, 0) is 0 Å². The van der Waals surface area contributed by atoms with Crippen LogP contribution in [-0.4, -0.2) is 23.4 Å². The lowest BCUT2D eigenvalue weighted by Crippen LogP contribution is -2.31. The predicted octanol–water partition coefficient (Wildman–Crippen LogP) is 2.19. The van der Waals surface area contributed by atoms with Gasteiger partial charge in [-0.3, -0.25) is 0 Å². The van der Waals surface area contributed by atoms with Crippen LogP contribution in [0.25, 0.3) is 0 Å². The van der Waals surface area contributed by atoms with Crippen LogP contribution < -0.4 is 0 Å². The third-order valence-electron chi connectivity index (χ3n) is 4.85. The van der Waals surface area contributed by atoms with E-state index in [-0.39, 0.29) is 0 Å². The van der Waals surface area contributed by atoms with Crippen molar-refractivity contribution in [3.63, 3.8) is 0 Å². The van der Waals surface area contributed by atoms with Crippen molar-refractivity contribution in [2.75, 3.05) is 13.2 Å². The maximum atomic E-state index is 9.06. The summed E-state index contributed by atoms with van der Waals surface area (Å²) in [4.78, 5) is 0. The fourth-order valence-corrected chi connectivity index (χ4v) is 4.33. The molecule has 0 saturated heterocycles. The Morgan fingerprint density at radius 2 is 2.00 bits per heavy atom. The van der Waals surface area contributed by atoms with Gasteiger partial charge in [0.15, 0.2) is 0 Å². The molecular weight excluding hydrogens is 188 g/mol. The molecule has 2 aliphatic rings. The third kappa shape index (κ3) is 2.07. The summed E-state index contributed by atoms with van der Waals surface area (Å²) < 4.78 is 0. The Morgan fingerprint density at radius 3 is 2.60 bits per heavy atom. The zero-order valence-electron chi connectivity index (χ0n) is 9.78. The molecule has 2 aliphatic carbocycles. The van der Waals surface area contributed by atoms with Crippen LogP contribution >= 0.6 is 0 Å². The lowest BCUT2D eigenvalue weighted by molar-refractivity contribution is 0.0899. The predicted molar refractivity (Wildman–Crippen MR) is 60.5 cm³/mol. The Kier molecular flexibility index (Phi) is 3.36. The molecule has 4 atom stereocenters. The number of hydrogen-bond acceptors (Lipinski definition) is 2. The molecule has 2 heteroatoms. The highest BCUT2D eigenvalue weighted by molar-refractivity contribution is 5.01. The molecule has 0 aliphatic heterocycles. The second-order valence-electron chi connectivity index (χ2n) is 5.90. The smallest absolute Gasteiger partial charge is 0.0433 e. The molecule has 2 bridgehead atoms. The van der Waals surface area contributed by atoms with Gasteiger partial charge in [0.25, 0.3) is 0 Å². The Balaban J connectivity index is 1.97. The van der Waals surface area contributed by atoms with E-state index in [9.17, 15) is 0 Å². The van der Waals surface area contributed by atoms with E-state index in [1.54, 1.807) is 0 Å². The van der Waals surface area contributed by atoms with Gasteiger partial charge < -0.3 is 10.2 Å². The third-order valence-corrected chi connectivity index (χ3v) is 4.85. The second-order valence-corrected chi connectivity index (χ2v) is 5.90. The van der Waals surface area contributed by atoms with Crippen LogP contribution in [0.1, 0.15) is 45.4 Å². The second kappa shape index (κ2) is 4.42. The molecule has 0 spiro atoms. The van der Waals surface area contributed by atoms with Crippen LogP contribution in [0.2, 0.25) is 0 Å². The molecule has 0 aromatic rings. The van der Waals surface area contributed by atoms with Gasteiger partial charge in [-0.15, -0.1) is 0 Å². The molecule has 0 radical (unpaired) electrons. The molecule has 2 nitrogen and oxygen atoms in total. The summed E-state index contributed by atoms with van der Waals surface area (Å²) in [5.74, 6) is 2.49. The van der Waals surface area contributed by atoms with Crippen molar-refractivity contribution in [2.45, 2.75) is 45.4 Å². The van der Waals surface area contributed by atoms with E-state index in [1.807, 2.05) is 0 Å². The largest absolute Gasteiger partial charge is 0.396 e. The fourth-order valence-electron chi connectivity index (χ4n) is 4.33. The first kappa shape index (κ1) is 11.4. The molecule has 2 fully saturated rings. The van der Waals surface area contributed by atoms with E-state index >= 15 is 0 Å². The first-order valence-corrected chi connectivity index (χ1v) is 6.41. The zero-order chi connectivity index (χ0) is 10.9. The van der Waals surface area contributed by atoms with Gasteiger partial charge in [-0.2, -0.15) is 0 Å². The molecule has 2 rings (SSSR count). The minimum absolute atomic E-state index is 0.331. The van der Waals surface area contributed by atoms with Crippen molar-refractivity contribution < 1.29 is 10.2 Å². The standard InChI is InChI=1S/C13H24O2/c1-13(4-2-5-14)9-10-7-11(3-6-15)12(13)8-10/h10-12,14-15H,2-9H2,1H3. The van der Waals surface area contributed by atoms with Crippen LogP contribution in [0.15, 0.2) is 0 Å². The Labute approximate surface area is 92.7 Å². The molecule has 2 saturated carbocycles. The molecular formula is C13H24O2. The number of hydrogen-bond donors (Lipinski definition) is 2. The van der Waals surface area contributed by atoms with E-state index in [0.717, 1.165) is 30.6 Å². The van der Waals surface area contributed by atoms with Gasteiger partial charge in [0.2, 0.25) is 0 Å². The molecule has 2 N–H and O–H groups in total. The monoisotopic (exact) mass is 212 g/mol. The Morgan fingerprint density at radius 1 is 1.20 bits per heavy atom. The van der Waals surface area contributed by atoms with Gasteiger partial charge in [-0.05, 0) is 61.7 Å². The molecule has 0 aromatic heterocycles. The quantitative estimate of drug-likeness (QED) is 0.733. The van der Waals surface area contributed by atoms with Gasteiger partial charge in [0.1, 0.15) is 0 Å². The zero-order valence-corrected chi connectivity index (χ0v) is 9.78. The van der Waals surface area contributed by atoms with Crippen molar-refractivity contribution in [1.29, 1.82) is 0 Å². The van der Waals surface area contributed by atoms with Gasteiger partial charge >= 0.3 is 0 Å². The molecule has 4 unspecified atom stereocenters. The molecule has 0 aromatic carbocycles. The maximum absolute atomic E-state index is 9.06. The van der Waals surface area contributed by atoms with Gasteiger partial charge in [0.05, 0.1) is 0 Å². The van der Waals surface area contributed by atoms with Crippen LogP contribution in [0.3, 0.4) is 0 Å². The Hall–Kier alpha value is -0.0800. The first-order chi connectivity index (χ1) is 7.19. The fraction of sp³-hybridized carbons (Fsp3) is 1.00. The highest BCUT2D eigenvalue weighted by Crippen LogP contribution is 2.60. The van der Waals surface area contributed by atoms with Crippen LogP contribution in [0.4, 0.5) is 0 Å². The molecule has 15 heavy (non-hydrogen) atoms. The number of rotatable bonds is 5. The minimum Gasteiger partial charge on any atom is -0.396 e. The van der Waals surface area contributed by atoms with Crippen molar-refractivity contribution in [2.24, 2.45) is 23.2 Å². The summed E-state index contributed by atoms with van der Waals surface area (Å²) >= 11 is 0. The van der Waals surface area contributed by atoms with Gasteiger partial charge in [-0.25, -0.2) is 0 Å². The van der Waals surface area contributed by atoms with Gasteiger partial charge in [-0.1, -0.05) is 6.92 Å². The average molecular weight is 212 g/mol. The summed E-state index contributed by atoms with van der Waals surface area (Å²) in [7, 11) is 0. The average Bonchev–Trinajstić information content (AvgIpc) is 2.72. The first-order valence-electron chi connectivity index (χ1n) is 6.41. The normalized spacial score (nSPS) is 43.8. The highest BCUT2D eigenvalue weighted by Gasteiger charge is 2.51. The summed E-state index contributed by atoms with van der Waals surface area (Å²) in [5.41, 5.74) is 0.464. The summed E-state index contributed by atoms with van der Waals surface area (Å²) in [6.45, 7) is 3.08. The topological polar surface area (TPSA) is 40.5 Å². The summed E-state index contributed by atoms with van der Waals surface area (Å²) in [5, 5.41) is 18.0. The van der Waals surface area contributed by atoms with Crippen molar-refractivity contribution in [3.05, 3.63) is 0 Å². The lowest BCUT2D eigenvalue weighted by atomic mass is 9.66. The van der Waals surface area contributed by atoms with Crippen LogP contribution in [0.5, 0.6) is 0 Å². The van der Waals surface area contributed by atoms with E-state index in [4.69, 9.17) is 10.2 Å². The molecule has 0 amide bonds. The molecule has 0 heterocycles. The van der Waals surface area contributed by atoms with E-state index in [1.165, 1.54) is 25.7 Å². The Bertz CT molecular complexity index is 217. The summed E-state index contributed by atoms with van der Waals surface area (Å²) in [6, 6.07) is 0. The molecule has 88 valence electrons. The van der Waals surface area contributed by atoms with Crippen LogP contribution in [0, 0.1) is 23.2 Å². The number of aliphatic hydroxyl groups excluding tert-OH is 2. The van der Waals surface area contributed by atoms with E-state index in [0.29, 0.717) is 18.6 Å². The van der Waals surface area contributed by atoms with Gasteiger partial charge in [0, 0.05) is 13.2 Å².